The number of carbonyl (C=O) groups excluding carboxylic acids is 7. The summed E-state index contributed by atoms with van der Waals surface area (Å²) in [6.45, 7) is 9.53. The van der Waals surface area contributed by atoms with Gasteiger partial charge in [-0.05, 0) is 78.0 Å². The third-order valence-electron chi connectivity index (χ3n) is 12.4. The molecule has 0 spiro atoms. The van der Waals surface area contributed by atoms with E-state index in [-0.39, 0.29) is 31.5 Å². The summed E-state index contributed by atoms with van der Waals surface area (Å²) in [5.74, 6) is -13.1. The molecule has 5 amide bonds. The van der Waals surface area contributed by atoms with Crippen LogP contribution in [0.1, 0.15) is 100 Å². The van der Waals surface area contributed by atoms with Gasteiger partial charge in [-0.25, -0.2) is 9.78 Å². The van der Waals surface area contributed by atoms with Crippen molar-refractivity contribution in [2.45, 2.75) is 122 Å². The number of ether oxygens (including phenoxy) is 1. The fourth-order valence-electron chi connectivity index (χ4n) is 8.50. The molecular formula is C51H59F2N7O8. The average molecular weight is 936 g/mol. The molecule has 4 aromatic rings. The quantitative estimate of drug-likeness (QED) is 0.0727. The number of nitrogens with one attached hydrogen (secondary N) is 4. The number of Topliss-reactive ketones (excluding diaryl/α,β-unsaturated/α-hetero) is 1. The van der Waals surface area contributed by atoms with Gasteiger partial charge >= 0.3 is 11.9 Å². The predicted octanol–water partition coefficient (Wildman–Crippen LogP) is 5.52. The number of aromatic nitrogens is 2. The Morgan fingerprint density at radius 2 is 1.50 bits per heavy atom. The SMILES string of the molecule is CCC[C@H](NC(=O)C1C[C@@H](OC(=O)C2=CCc3ccccc3CC2)CN1C(=O)C(NC(=O)[C@@H](NC(=O)c1cnccn1)C(C)C)C(C)C)C(=O)C(F)(F)C(=O)NC(C)c1ccc2ccccc2c1. The lowest BCUT2D eigenvalue weighted by atomic mass is 9.98. The Labute approximate surface area is 394 Å². The Kier molecular flexibility index (Phi) is 16.5. The third kappa shape index (κ3) is 12.0. The highest BCUT2D eigenvalue weighted by atomic mass is 19.3. The number of alkyl halides is 2. The number of carbonyl (C=O) groups is 7. The first-order chi connectivity index (χ1) is 32.4. The van der Waals surface area contributed by atoms with Gasteiger partial charge in [0.1, 0.15) is 29.9 Å². The molecule has 3 unspecified atom stereocenters. The van der Waals surface area contributed by atoms with E-state index in [2.05, 4.69) is 31.2 Å². The maximum absolute atomic E-state index is 15.9. The number of amides is 5. The summed E-state index contributed by atoms with van der Waals surface area (Å²) in [7, 11) is 0. The normalized spacial score (nSPS) is 17.7. The summed E-state index contributed by atoms with van der Waals surface area (Å²) >= 11 is 0. The van der Waals surface area contributed by atoms with Gasteiger partial charge in [-0.3, -0.25) is 33.8 Å². The Morgan fingerprint density at radius 3 is 2.18 bits per heavy atom. The number of esters is 1. The molecule has 1 aliphatic heterocycles. The lowest BCUT2D eigenvalue weighted by molar-refractivity contribution is -0.161. The number of likely N-dealkylation sites (tertiary alicyclic amines) is 1. The first-order valence-corrected chi connectivity index (χ1v) is 23.1. The lowest BCUT2D eigenvalue weighted by Gasteiger charge is -2.32. The van der Waals surface area contributed by atoms with E-state index in [9.17, 15) is 33.6 Å². The first kappa shape index (κ1) is 50.5. The molecule has 1 aliphatic carbocycles. The standard InChI is InChI=1S/C51H59F2N7O8/c1-7-12-39(44(61)51(52,53)50(67)56-31(6)36-22-19-34-15-10-11-16-37(34)25-36)57-46(63)41-26-38(68-49(66)35-20-17-32-13-8-9-14-33(32)18-21-35)28-60(41)48(65)43(30(4)5)59-47(64)42(29(2)3)58-45(62)40-27-54-23-24-55-40/h8-11,13-16,19-20,22-25,27,29-31,38-39,41-43H,7,12,17-18,21,26,28H2,1-6H3,(H,56,67)(H,57,63)(H,58,62)(H,59,64)/t31?,38-,39+,41?,42+,43?/m1/s1. The molecule has 68 heavy (non-hydrogen) atoms. The Balaban J connectivity index is 1.22. The summed E-state index contributed by atoms with van der Waals surface area (Å²) in [6.07, 6.45) is 5.74. The Hall–Kier alpha value is -6.91. The van der Waals surface area contributed by atoms with Crippen LogP contribution in [0.25, 0.3) is 10.8 Å². The molecule has 2 aliphatic rings. The summed E-state index contributed by atoms with van der Waals surface area (Å²) in [4.78, 5) is 106. The van der Waals surface area contributed by atoms with E-state index in [1.54, 1.807) is 58.9 Å². The predicted molar refractivity (Wildman–Crippen MR) is 249 cm³/mol. The van der Waals surface area contributed by atoms with E-state index >= 15 is 8.78 Å². The van der Waals surface area contributed by atoms with E-state index in [4.69, 9.17) is 4.74 Å². The topological polar surface area (TPSA) is 206 Å². The highest BCUT2D eigenvalue weighted by molar-refractivity contribution is 6.11. The summed E-state index contributed by atoms with van der Waals surface area (Å²) in [5.41, 5.74) is 3.06. The lowest BCUT2D eigenvalue weighted by Crippen LogP contribution is -2.60. The van der Waals surface area contributed by atoms with Crippen LogP contribution in [0.3, 0.4) is 0 Å². The fraction of sp³-hybridized carbons (Fsp3) is 0.431. The van der Waals surface area contributed by atoms with Crippen molar-refractivity contribution >= 4 is 52.1 Å². The molecule has 17 heteroatoms. The molecule has 3 aromatic carbocycles. The van der Waals surface area contributed by atoms with Gasteiger partial charge in [-0.2, -0.15) is 8.78 Å². The van der Waals surface area contributed by atoms with Gasteiger partial charge in [0.25, 0.3) is 11.8 Å². The van der Waals surface area contributed by atoms with Crippen LogP contribution in [0.2, 0.25) is 0 Å². The van der Waals surface area contributed by atoms with Gasteiger partial charge in [-0.1, -0.05) is 108 Å². The van der Waals surface area contributed by atoms with Gasteiger partial charge in [0.2, 0.25) is 23.5 Å². The Bertz CT molecular complexity index is 2550. The average Bonchev–Trinajstić information content (AvgIpc) is 3.62. The molecule has 1 saturated heterocycles. The molecule has 0 radical (unpaired) electrons. The number of ketones is 1. The zero-order chi connectivity index (χ0) is 49.3. The van der Waals surface area contributed by atoms with Crippen LogP contribution in [0.5, 0.6) is 0 Å². The van der Waals surface area contributed by atoms with Crippen LogP contribution in [-0.2, 0) is 46.3 Å². The van der Waals surface area contributed by atoms with Crippen molar-refractivity contribution in [1.29, 1.82) is 0 Å². The smallest absolute Gasteiger partial charge is 0.383 e. The Morgan fingerprint density at radius 1 is 0.809 bits per heavy atom. The summed E-state index contributed by atoms with van der Waals surface area (Å²) in [5, 5.41) is 11.8. The van der Waals surface area contributed by atoms with Gasteiger partial charge < -0.3 is 30.9 Å². The maximum atomic E-state index is 15.9. The van der Waals surface area contributed by atoms with Crippen LogP contribution < -0.4 is 21.3 Å². The largest absolute Gasteiger partial charge is 0.457 e. The van der Waals surface area contributed by atoms with E-state index < -0.39 is 95.4 Å². The molecule has 2 heterocycles. The maximum Gasteiger partial charge on any atom is 0.383 e. The number of halogens is 2. The second-order valence-corrected chi connectivity index (χ2v) is 18.1. The number of fused-ring (bicyclic) bond motifs is 2. The van der Waals surface area contributed by atoms with Crippen molar-refractivity contribution in [1.82, 2.24) is 36.1 Å². The van der Waals surface area contributed by atoms with Crippen molar-refractivity contribution in [2.24, 2.45) is 11.8 Å². The highest BCUT2D eigenvalue weighted by Crippen LogP contribution is 2.29. The van der Waals surface area contributed by atoms with Crippen LogP contribution >= 0.6 is 0 Å². The van der Waals surface area contributed by atoms with Crippen LogP contribution in [0.15, 0.2) is 97.0 Å². The fourth-order valence-corrected chi connectivity index (χ4v) is 8.50. The second kappa shape index (κ2) is 22.3. The molecule has 6 atom stereocenters. The van der Waals surface area contributed by atoms with Gasteiger partial charge in [0, 0.05) is 24.4 Å². The van der Waals surface area contributed by atoms with Gasteiger partial charge in [0.15, 0.2) is 0 Å². The van der Waals surface area contributed by atoms with Crippen molar-refractivity contribution < 1.29 is 47.1 Å². The number of hydrogen-bond acceptors (Lipinski definition) is 10. The van der Waals surface area contributed by atoms with E-state index in [1.807, 2.05) is 48.5 Å². The minimum atomic E-state index is -4.57. The summed E-state index contributed by atoms with van der Waals surface area (Å²) < 4.78 is 37.8. The minimum Gasteiger partial charge on any atom is -0.457 e. The summed E-state index contributed by atoms with van der Waals surface area (Å²) in [6, 6.07) is 13.8. The van der Waals surface area contributed by atoms with Crippen molar-refractivity contribution in [3.63, 3.8) is 0 Å². The van der Waals surface area contributed by atoms with E-state index in [1.165, 1.54) is 25.5 Å². The molecule has 4 N–H and O–H groups in total. The molecule has 360 valence electrons. The monoisotopic (exact) mass is 935 g/mol. The molecular weight excluding hydrogens is 877 g/mol. The minimum absolute atomic E-state index is 0.0353. The highest BCUT2D eigenvalue weighted by Gasteiger charge is 2.52. The number of hydrogen-bond donors (Lipinski definition) is 4. The first-order valence-electron chi connectivity index (χ1n) is 23.1. The molecule has 1 aromatic heterocycles. The number of allylic oxidation sites excluding steroid dienone is 1. The molecule has 6 rings (SSSR count). The van der Waals surface area contributed by atoms with Crippen molar-refractivity contribution in [3.05, 3.63) is 119 Å². The van der Waals surface area contributed by atoms with Crippen molar-refractivity contribution in [2.75, 3.05) is 6.54 Å². The zero-order valence-electron chi connectivity index (χ0n) is 39.1. The number of aryl methyl sites for hydroxylation is 1. The van der Waals surface area contributed by atoms with E-state index in [0.29, 0.717) is 30.4 Å². The zero-order valence-corrected chi connectivity index (χ0v) is 39.1. The molecule has 1 fully saturated rings. The van der Waals surface area contributed by atoms with E-state index in [0.717, 1.165) is 26.8 Å². The van der Waals surface area contributed by atoms with Crippen LogP contribution in [0, 0.1) is 11.8 Å². The third-order valence-corrected chi connectivity index (χ3v) is 12.4. The van der Waals surface area contributed by atoms with Crippen LogP contribution in [0.4, 0.5) is 8.78 Å². The molecule has 0 bridgehead atoms. The number of rotatable bonds is 18. The number of nitrogens with zero attached hydrogens (tertiary/aromatic N) is 3. The van der Waals surface area contributed by atoms with Gasteiger partial charge in [-0.15, -0.1) is 0 Å². The van der Waals surface area contributed by atoms with Crippen LogP contribution in [-0.4, -0.2) is 98.9 Å². The van der Waals surface area contributed by atoms with Gasteiger partial charge in [0.05, 0.1) is 24.8 Å². The molecule has 15 nitrogen and oxygen atoms in total. The van der Waals surface area contributed by atoms with Crippen molar-refractivity contribution in [3.8, 4) is 0 Å². The number of benzene rings is 3. The molecule has 0 saturated carbocycles. The second-order valence-electron chi connectivity index (χ2n) is 18.1.